The average Bonchev–Trinajstić information content (AvgIpc) is 3.04. The fourth-order valence-electron chi connectivity index (χ4n) is 2.64. The number of aromatic nitrogens is 2. The molecule has 1 fully saturated rings. The molecular weight excluding hydrogens is 264 g/mol. The van der Waals surface area contributed by atoms with E-state index in [0.29, 0.717) is 6.54 Å². The molecule has 0 saturated heterocycles. The van der Waals surface area contributed by atoms with Gasteiger partial charge in [0, 0.05) is 19.2 Å². The summed E-state index contributed by atoms with van der Waals surface area (Å²) in [6.07, 6.45) is 4.90. The molecule has 8 heteroatoms. The standard InChI is InChI=1S/C12H20N4O4/c17-8-9-2-1-3-12(9)13-5-11(18)7-15-6-10(4-14-15)16(19)20/h4,6,9,11-13,17-18H,1-3,5,7-8H2. The van der Waals surface area contributed by atoms with E-state index >= 15 is 0 Å². The summed E-state index contributed by atoms with van der Waals surface area (Å²) in [4.78, 5) is 10.0. The van der Waals surface area contributed by atoms with Crippen LogP contribution in [0.1, 0.15) is 19.3 Å². The van der Waals surface area contributed by atoms with E-state index in [1.165, 1.54) is 17.1 Å². The molecule has 0 aliphatic heterocycles. The van der Waals surface area contributed by atoms with Crippen molar-refractivity contribution in [2.45, 2.75) is 38.0 Å². The number of nitrogens with one attached hydrogen (secondary N) is 1. The van der Waals surface area contributed by atoms with Crippen LogP contribution < -0.4 is 5.32 Å². The number of nitrogens with zero attached hydrogens (tertiary/aromatic N) is 3. The average molecular weight is 284 g/mol. The molecule has 3 N–H and O–H groups in total. The Morgan fingerprint density at radius 2 is 2.40 bits per heavy atom. The highest BCUT2D eigenvalue weighted by molar-refractivity contribution is 5.20. The van der Waals surface area contributed by atoms with Crippen molar-refractivity contribution in [1.29, 1.82) is 0 Å². The molecule has 8 nitrogen and oxygen atoms in total. The molecule has 3 atom stereocenters. The molecule has 0 aromatic carbocycles. The Bertz CT molecular complexity index is 450. The van der Waals surface area contributed by atoms with Gasteiger partial charge in [0.25, 0.3) is 0 Å². The largest absolute Gasteiger partial charge is 0.396 e. The highest BCUT2D eigenvalue weighted by Gasteiger charge is 2.26. The Hall–Kier alpha value is -1.51. The van der Waals surface area contributed by atoms with Crippen molar-refractivity contribution in [2.75, 3.05) is 13.2 Å². The van der Waals surface area contributed by atoms with Crippen molar-refractivity contribution in [3.63, 3.8) is 0 Å². The van der Waals surface area contributed by atoms with Crippen LogP contribution in [0.3, 0.4) is 0 Å². The van der Waals surface area contributed by atoms with E-state index in [0.717, 1.165) is 19.3 Å². The van der Waals surface area contributed by atoms with Gasteiger partial charge in [-0.05, 0) is 18.8 Å². The third-order valence-electron chi connectivity index (χ3n) is 3.74. The van der Waals surface area contributed by atoms with Gasteiger partial charge in [0.1, 0.15) is 12.4 Å². The molecule has 1 saturated carbocycles. The number of aliphatic hydroxyl groups is 2. The lowest BCUT2D eigenvalue weighted by atomic mass is 10.1. The molecule has 0 bridgehead atoms. The fraction of sp³-hybridized carbons (Fsp3) is 0.750. The van der Waals surface area contributed by atoms with Gasteiger partial charge in [-0.2, -0.15) is 5.10 Å². The van der Waals surface area contributed by atoms with Crippen LogP contribution in [-0.4, -0.2) is 50.2 Å². The van der Waals surface area contributed by atoms with Crippen molar-refractivity contribution < 1.29 is 15.1 Å². The molecule has 1 aromatic heterocycles. The zero-order chi connectivity index (χ0) is 14.5. The second kappa shape index (κ2) is 6.78. The van der Waals surface area contributed by atoms with Gasteiger partial charge in [-0.25, -0.2) is 0 Å². The van der Waals surface area contributed by atoms with E-state index in [1.54, 1.807) is 0 Å². The topological polar surface area (TPSA) is 113 Å². The summed E-state index contributed by atoms with van der Waals surface area (Å²) in [7, 11) is 0. The lowest BCUT2D eigenvalue weighted by Gasteiger charge is -2.21. The first kappa shape index (κ1) is 14.9. The van der Waals surface area contributed by atoms with Crippen LogP contribution in [0.25, 0.3) is 0 Å². The minimum absolute atomic E-state index is 0.0821. The normalized spacial score (nSPS) is 23.9. The van der Waals surface area contributed by atoms with Gasteiger partial charge in [-0.1, -0.05) is 6.42 Å². The molecule has 112 valence electrons. The highest BCUT2D eigenvalue weighted by Crippen LogP contribution is 2.24. The molecule has 0 spiro atoms. The third kappa shape index (κ3) is 3.75. The van der Waals surface area contributed by atoms with Crippen LogP contribution in [-0.2, 0) is 6.54 Å². The predicted octanol–water partition coefficient (Wildman–Crippen LogP) is -0.0972. The van der Waals surface area contributed by atoms with Gasteiger partial charge in [0.05, 0.1) is 17.6 Å². The number of rotatable bonds is 7. The lowest BCUT2D eigenvalue weighted by molar-refractivity contribution is -0.385. The molecule has 1 aliphatic rings. The van der Waals surface area contributed by atoms with Gasteiger partial charge in [0.15, 0.2) is 0 Å². The Labute approximate surface area is 116 Å². The smallest absolute Gasteiger partial charge is 0.306 e. The third-order valence-corrected chi connectivity index (χ3v) is 3.74. The second-order valence-electron chi connectivity index (χ2n) is 5.22. The maximum absolute atomic E-state index is 10.5. The van der Waals surface area contributed by atoms with Crippen molar-refractivity contribution in [3.05, 3.63) is 22.5 Å². The first-order valence-electron chi connectivity index (χ1n) is 6.79. The highest BCUT2D eigenvalue weighted by atomic mass is 16.6. The molecule has 0 amide bonds. The Morgan fingerprint density at radius 1 is 1.60 bits per heavy atom. The lowest BCUT2D eigenvalue weighted by Crippen LogP contribution is -2.40. The van der Waals surface area contributed by atoms with E-state index in [-0.39, 0.29) is 30.8 Å². The fourth-order valence-corrected chi connectivity index (χ4v) is 2.64. The molecule has 1 aromatic rings. The second-order valence-corrected chi connectivity index (χ2v) is 5.22. The Balaban J connectivity index is 1.77. The number of hydrogen-bond donors (Lipinski definition) is 3. The monoisotopic (exact) mass is 284 g/mol. The van der Waals surface area contributed by atoms with Crippen LogP contribution >= 0.6 is 0 Å². The SMILES string of the molecule is O=[N+]([O-])c1cnn(CC(O)CNC2CCCC2CO)c1. The summed E-state index contributed by atoms with van der Waals surface area (Å²) in [5.74, 6) is 0.257. The van der Waals surface area contributed by atoms with Gasteiger partial charge < -0.3 is 15.5 Å². The molecule has 2 rings (SSSR count). The molecular formula is C12H20N4O4. The molecule has 3 unspecified atom stereocenters. The van der Waals surface area contributed by atoms with Crippen LogP contribution in [0.15, 0.2) is 12.4 Å². The molecule has 20 heavy (non-hydrogen) atoms. The van der Waals surface area contributed by atoms with Crippen molar-refractivity contribution in [1.82, 2.24) is 15.1 Å². The zero-order valence-electron chi connectivity index (χ0n) is 11.2. The Kier molecular flexibility index (Phi) is 5.05. The number of hydrogen-bond acceptors (Lipinski definition) is 6. The zero-order valence-corrected chi connectivity index (χ0v) is 11.2. The summed E-state index contributed by atoms with van der Waals surface area (Å²) in [5, 5.41) is 36.7. The van der Waals surface area contributed by atoms with Crippen molar-refractivity contribution in [2.24, 2.45) is 5.92 Å². The van der Waals surface area contributed by atoms with E-state index < -0.39 is 11.0 Å². The number of aliphatic hydroxyl groups excluding tert-OH is 2. The van der Waals surface area contributed by atoms with E-state index in [1.807, 2.05) is 0 Å². The van der Waals surface area contributed by atoms with Crippen molar-refractivity contribution >= 4 is 5.69 Å². The van der Waals surface area contributed by atoms with Gasteiger partial charge in [-0.3, -0.25) is 14.8 Å². The van der Waals surface area contributed by atoms with E-state index in [4.69, 9.17) is 0 Å². The maximum atomic E-state index is 10.5. The maximum Gasteiger partial charge on any atom is 0.306 e. The van der Waals surface area contributed by atoms with Crippen LogP contribution in [0.5, 0.6) is 0 Å². The number of nitro groups is 1. The van der Waals surface area contributed by atoms with Gasteiger partial charge >= 0.3 is 5.69 Å². The first-order valence-corrected chi connectivity index (χ1v) is 6.79. The van der Waals surface area contributed by atoms with Gasteiger partial charge in [-0.15, -0.1) is 0 Å². The quantitative estimate of drug-likeness (QED) is 0.476. The minimum atomic E-state index is -0.672. The van der Waals surface area contributed by atoms with Crippen LogP contribution in [0, 0.1) is 16.0 Å². The first-order chi connectivity index (χ1) is 9.60. The van der Waals surface area contributed by atoms with E-state index in [9.17, 15) is 20.3 Å². The summed E-state index contributed by atoms with van der Waals surface area (Å²) in [6.45, 7) is 0.755. The Morgan fingerprint density at radius 3 is 3.05 bits per heavy atom. The minimum Gasteiger partial charge on any atom is -0.396 e. The van der Waals surface area contributed by atoms with Crippen molar-refractivity contribution in [3.8, 4) is 0 Å². The summed E-state index contributed by atoms with van der Waals surface area (Å²) < 4.78 is 1.36. The molecule has 1 heterocycles. The summed E-state index contributed by atoms with van der Waals surface area (Å²) >= 11 is 0. The molecule has 0 radical (unpaired) electrons. The van der Waals surface area contributed by atoms with Crippen LogP contribution in [0.2, 0.25) is 0 Å². The molecule has 1 aliphatic carbocycles. The van der Waals surface area contributed by atoms with Gasteiger partial charge in [0.2, 0.25) is 0 Å². The van der Waals surface area contributed by atoms with E-state index in [2.05, 4.69) is 10.4 Å². The summed E-state index contributed by atoms with van der Waals surface area (Å²) in [6, 6.07) is 0.238. The summed E-state index contributed by atoms with van der Waals surface area (Å²) in [5.41, 5.74) is -0.0821. The van der Waals surface area contributed by atoms with Crippen LogP contribution in [0.4, 0.5) is 5.69 Å². The predicted molar refractivity (Wildman–Crippen MR) is 71.1 cm³/mol.